The molecule has 1 amide bonds. The fraction of sp³-hybridized carbons (Fsp3) is 0.227. The summed E-state index contributed by atoms with van der Waals surface area (Å²) >= 11 is 0. The number of nitrogens with one attached hydrogen (secondary N) is 1. The maximum absolute atomic E-state index is 13.0. The first-order valence-electron chi connectivity index (χ1n) is 9.25. The van der Waals surface area contributed by atoms with Crippen LogP contribution in [0, 0.1) is 6.92 Å². The molecule has 0 saturated carbocycles. The average molecular weight is 375 g/mol. The lowest BCUT2D eigenvalue weighted by molar-refractivity contribution is 0.0602. The monoisotopic (exact) mass is 375 g/mol. The molecule has 0 aliphatic heterocycles. The summed E-state index contributed by atoms with van der Waals surface area (Å²) in [6.45, 7) is 2.03. The number of para-hydroxylation sites is 2. The number of ether oxygens (including phenoxy) is 1. The lowest BCUT2D eigenvalue weighted by Gasteiger charge is -2.09. The third kappa shape index (κ3) is 3.07. The Morgan fingerprint density at radius 1 is 1.07 bits per heavy atom. The highest BCUT2D eigenvalue weighted by atomic mass is 16.5. The van der Waals surface area contributed by atoms with Gasteiger partial charge in [-0.3, -0.25) is 4.79 Å². The molecule has 4 rings (SSSR count). The molecule has 0 fully saturated rings. The number of fused-ring (bicyclic) bond motifs is 1. The van der Waals surface area contributed by atoms with E-state index in [1.54, 1.807) is 24.3 Å². The van der Waals surface area contributed by atoms with Crippen LogP contribution in [0.25, 0.3) is 5.69 Å². The number of carbonyl (C=O) groups excluding carboxylic acids is 2. The number of hydrogen-bond donors (Lipinski definition) is 1. The Balaban J connectivity index is 1.72. The predicted octanol–water partition coefficient (Wildman–Crippen LogP) is 3.71. The maximum Gasteiger partial charge on any atom is 0.339 e. The van der Waals surface area contributed by atoms with E-state index in [4.69, 9.17) is 4.74 Å². The Bertz CT molecular complexity index is 1070. The fourth-order valence-electron chi connectivity index (χ4n) is 3.68. The van der Waals surface area contributed by atoms with Crippen molar-refractivity contribution in [3.8, 4) is 5.69 Å². The SMILES string of the molecule is COC(=O)c1ccccc1NC(=O)c1nn(-c2ccccc2C)c2c1CCC2. The number of methoxy groups -OCH3 is 1. The minimum atomic E-state index is -0.494. The molecule has 0 unspecified atom stereocenters. The quantitative estimate of drug-likeness (QED) is 0.706. The van der Waals surface area contributed by atoms with E-state index in [0.717, 1.165) is 41.8 Å². The van der Waals surface area contributed by atoms with Crippen LogP contribution in [-0.4, -0.2) is 28.8 Å². The zero-order valence-corrected chi connectivity index (χ0v) is 15.9. The first-order valence-corrected chi connectivity index (χ1v) is 9.25. The summed E-state index contributed by atoms with van der Waals surface area (Å²) in [4.78, 5) is 25.0. The molecule has 0 spiro atoms. The van der Waals surface area contributed by atoms with E-state index in [-0.39, 0.29) is 5.91 Å². The lowest BCUT2D eigenvalue weighted by Crippen LogP contribution is -2.17. The minimum absolute atomic E-state index is 0.313. The van der Waals surface area contributed by atoms with Crippen molar-refractivity contribution >= 4 is 17.6 Å². The average Bonchev–Trinajstić information content (AvgIpc) is 3.31. The van der Waals surface area contributed by atoms with Gasteiger partial charge in [0.1, 0.15) is 0 Å². The van der Waals surface area contributed by atoms with Crippen LogP contribution in [0.1, 0.15) is 44.1 Å². The molecule has 1 aliphatic rings. The van der Waals surface area contributed by atoms with Crippen LogP contribution in [-0.2, 0) is 17.6 Å². The van der Waals surface area contributed by atoms with Gasteiger partial charge in [-0.1, -0.05) is 30.3 Å². The lowest BCUT2D eigenvalue weighted by atomic mass is 10.1. The van der Waals surface area contributed by atoms with Gasteiger partial charge in [0.05, 0.1) is 24.0 Å². The molecule has 2 aromatic carbocycles. The van der Waals surface area contributed by atoms with Crippen molar-refractivity contribution in [1.29, 1.82) is 0 Å². The van der Waals surface area contributed by atoms with E-state index < -0.39 is 5.97 Å². The van der Waals surface area contributed by atoms with E-state index in [0.29, 0.717) is 16.9 Å². The molecule has 0 radical (unpaired) electrons. The molecule has 1 heterocycles. The summed E-state index contributed by atoms with van der Waals surface area (Å²) in [6, 6.07) is 14.8. The summed E-state index contributed by atoms with van der Waals surface area (Å²) in [6.07, 6.45) is 2.71. The van der Waals surface area contributed by atoms with Crippen molar-refractivity contribution in [2.24, 2.45) is 0 Å². The van der Waals surface area contributed by atoms with Gasteiger partial charge in [-0.2, -0.15) is 5.10 Å². The number of amides is 1. The van der Waals surface area contributed by atoms with E-state index in [1.165, 1.54) is 7.11 Å². The van der Waals surface area contributed by atoms with Crippen LogP contribution in [0.15, 0.2) is 48.5 Å². The normalized spacial score (nSPS) is 12.5. The molecular formula is C22H21N3O3. The van der Waals surface area contributed by atoms with Gasteiger partial charge >= 0.3 is 5.97 Å². The molecule has 3 aromatic rings. The molecular weight excluding hydrogens is 354 g/mol. The fourth-order valence-corrected chi connectivity index (χ4v) is 3.68. The van der Waals surface area contributed by atoms with Gasteiger partial charge in [0.2, 0.25) is 0 Å². The van der Waals surface area contributed by atoms with E-state index in [2.05, 4.69) is 10.4 Å². The molecule has 28 heavy (non-hydrogen) atoms. The number of nitrogens with zero attached hydrogens (tertiary/aromatic N) is 2. The first kappa shape index (κ1) is 18.0. The summed E-state index contributed by atoms with van der Waals surface area (Å²) in [7, 11) is 1.32. The van der Waals surface area contributed by atoms with Gasteiger partial charge in [-0.25, -0.2) is 9.48 Å². The predicted molar refractivity (Wildman–Crippen MR) is 106 cm³/mol. The van der Waals surface area contributed by atoms with Crippen LogP contribution in [0.5, 0.6) is 0 Å². The maximum atomic E-state index is 13.0. The highest BCUT2D eigenvalue weighted by Gasteiger charge is 2.28. The number of aromatic nitrogens is 2. The molecule has 1 aliphatic carbocycles. The van der Waals surface area contributed by atoms with Crippen LogP contribution < -0.4 is 5.32 Å². The second kappa shape index (κ2) is 7.31. The standard InChI is InChI=1S/C22H21N3O3/c1-14-8-3-6-12-18(14)25-19-13-7-10-16(19)20(24-25)21(26)23-17-11-5-4-9-15(17)22(27)28-2/h3-6,8-9,11-12H,7,10,13H2,1-2H3,(H,23,26). The summed E-state index contributed by atoms with van der Waals surface area (Å²) in [5.41, 5.74) is 5.29. The summed E-state index contributed by atoms with van der Waals surface area (Å²) in [5.74, 6) is -0.812. The van der Waals surface area contributed by atoms with Crippen molar-refractivity contribution < 1.29 is 14.3 Å². The van der Waals surface area contributed by atoms with E-state index in [9.17, 15) is 9.59 Å². The number of anilines is 1. The molecule has 142 valence electrons. The summed E-state index contributed by atoms with van der Waals surface area (Å²) in [5, 5.41) is 7.48. The Hall–Kier alpha value is -3.41. The second-order valence-electron chi connectivity index (χ2n) is 6.82. The molecule has 0 atom stereocenters. The van der Waals surface area contributed by atoms with Crippen molar-refractivity contribution in [1.82, 2.24) is 9.78 Å². The molecule has 1 N–H and O–H groups in total. The van der Waals surface area contributed by atoms with Gasteiger partial charge < -0.3 is 10.1 Å². The van der Waals surface area contributed by atoms with Crippen molar-refractivity contribution in [3.63, 3.8) is 0 Å². The second-order valence-corrected chi connectivity index (χ2v) is 6.82. The Labute approximate surface area is 163 Å². The van der Waals surface area contributed by atoms with Gasteiger partial charge in [-0.15, -0.1) is 0 Å². The summed E-state index contributed by atoms with van der Waals surface area (Å²) < 4.78 is 6.69. The van der Waals surface area contributed by atoms with Crippen molar-refractivity contribution in [3.05, 3.63) is 76.6 Å². The topological polar surface area (TPSA) is 73.2 Å². The van der Waals surface area contributed by atoms with Crippen LogP contribution in [0.4, 0.5) is 5.69 Å². The highest BCUT2D eigenvalue weighted by Crippen LogP contribution is 2.29. The Morgan fingerprint density at radius 3 is 2.61 bits per heavy atom. The van der Waals surface area contributed by atoms with Crippen LogP contribution in [0.3, 0.4) is 0 Å². The molecule has 6 nitrogen and oxygen atoms in total. The largest absolute Gasteiger partial charge is 0.465 e. The van der Waals surface area contributed by atoms with Gasteiger partial charge in [0.25, 0.3) is 5.91 Å². The number of carbonyl (C=O) groups is 2. The molecule has 0 saturated heterocycles. The molecule has 1 aromatic heterocycles. The van der Waals surface area contributed by atoms with E-state index in [1.807, 2.05) is 35.9 Å². The van der Waals surface area contributed by atoms with Gasteiger partial charge in [0.15, 0.2) is 5.69 Å². The number of hydrogen-bond acceptors (Lipinski definition) is 4. The Kier molecular flexibility index (Phi) is 4.69. The Morgan fingerprint density at radius 2 is 1.82 bits per heavy atom. The number of aryl methyl sites for hydroxylation is 1. The van der Waals surface area contributed by atoms with Crippen molar-refractivity contribution in [2.75, 3.05) is 12.4 Å². The number of rotatable bonds is 4. The third-order valence-corrected chi connectivity index (χ3v) is 5.07. The van der Waals surface area contributed by atoms with Crippen molar-refractivity contribution in [2.45, 2.75) is 26.2 Å². The molecule has 0 bridgehead atoms. The smallest absolute Gasteiger partial charge is 0.339 e. The van der Waals surface area contributed by atoms with E-state index >= 15 is 0 Å². The van der Waals surface area contributed by atoms with Gasteiger partial charge in [0, 0.05) is 11.3 Å². The van der Waals surface area contributed by atoms with Gasteiger partial charge in [-0.05, 0) is 49.9 Å². The third-order valence-electron chi connectivity index (χ3n) is 5.07. The number of benzene rings is 2. The minimum Gasteiger partial charge on any atom is -0.465 e. The highest BCUT2D eigenvalue weighted by molar-refractivity contribution is 6.08. The number of esters is 1. The first-order chi connectivity index (χ1) is 13.6. The molecule has 6 heteroatoms. The zero-order chi connectivity index (χ0) is 19.7. The zero-order valence-electron chi connectivity index (χ0n) is 15.9. The van der Waals surface area contributed by atoms with Crippen LogP contribution in [0.2, 0.25) is 0 Å². The van der Waals surface area contributed by atoms with Crippen LogP contribution >= 0.6 is 0 Å².